The minimum Gasteiger partial charge on any atom is -0.323 e. The van der Waals surface area contributed by atoms with Gasteiger partial charge in [-0.15, -0.1) is 0 Å². The Bertz CT molecular complexity index is 556. The number of hydrogen-bond acceptors (Lipinski definition) is 5. The molecule has 1 aliphatic heterocycles. The van der Waals surface area contributed by atoms with E-state index in [1.807, 2.05) is 0 Å². The molecule has 1 atom stereocenters. The van der Waals surface area contributed by atoms with Crippen molar-refractivity contribution in [2.24, 2.45) is 5.84 Å². The Morgan fingerprint density at radius 2 is 1.90 bits per heavy atom. The molecule has 0 amide bonds. The number of rotatable bonds is 6. The molecule has 0 bridgehead atoms. The van der Waals surface area contributed by atoms with E-state index in [1.165, 1.54) is 19.3 Å². The molecule has 21 heavy (non-hydrogen) atoms. The van der Waals surface area contributed by atoms with E-state index in [-0.39, 0.29) is 10.9 Å². The fourth-order valence-corrected chi connectivity index (χ4v) is 3.91. The summed E-state index contributed by atoms with van der Waals surface area (Å²) in [5.41, 5.74) is 2.82. The van der Waals surface area contributed by atoms with Crippen LogP contribution in [-0.4, -0.2) is 39.0 Å². The molecule has 0 spiro atoms. The molecule has 7 heteroatoms. The third-order valence-corrected chi connectivity index (χ3v) is 5.40. The molecule has 0 saturated carbocycles. The van der Waals surface area contributed by atoms with Gasteiger partial charge in [-0.05, 0) is 45.0 Å². The number of nitrogens with two attached hydrogens (primary N) is 1. The summed E-state index contributed by atoms with van der Waals surface area (Å²) in [7, 11) is -3.56. The highest BCUT2D eigenvalue weighted by atomic mass is 32.2. The number of nitrogen functional groups attached to an aromatic ring is 1. The molecule has 6 nitrogen and oxygen atoms in total. The van der Waals surface area contributed by atoms with Gasteiger partial charge in [0.05, 0.1) is 5.69 Å². The van der Waals surface area contributed by atoms with Crippen LogP contribution in [0, 0.1) is 0 Å². The van der Waals surface area contributed by atoms with Crippen molar-refractivity contribution in [1.82, 2.24) is 9.62 Å². The Morgan fingerprint density at radius 3 is 2.57 bits per heavy atom. The van der Waals surface area contributed by atoms with E-state index < -0.39 is 10.0 Å². The van der Waals surface area contributed by atoms with Crippen LogP contribution >= 0.6 is 0 Å². The molecular formula is C14H24N4O2S. The van der Waals surface area contributed by atoms with Crippen molar-refractivity contribution in [3.05, 3.63) is 24.3 Å². The number of piperidine rings is 1. The van der Waals surface area contributed by atoms with E-state index in [0.717, 1.165) is 13.1 Å². The van der Waals surface area contributed by atoms with Crippen molar-refractivity contribution in [2.45, 2.75) is 37.1 Å². The summed E-state index contributed by atoms with van der Waals surface area (Å²) in [5, 5.41) is 0. The van der Waals surface area contributed by atoms with Gasteiger partial charge in [-0.1, -0.05) is 18.6 Å². The molecule has 0 aliphatic carbocycles. The number of nitrogens with zero attached hydrogens (tertiary/aromatic N) is 1. The third kappa shape index (κ3) is 4.16. The van der Waals surface area contributed by atoms with Gasteiger partial charge in [0, 0.05) is 12.6 Å². The summed E-state index contributed by atoms with van der Waals surface area (Å²) in [5.74, 6) is 5.37. The number of benzene rings is 1. The maximum atomic E-state index is 12.4. The van der Waals surface area contributed by atoms with Crippen LogP contribution in [-0.2, 0) is 10.0 Å². The van der Waals surface area contributed by atoms with Crippen LogP contribution in [0.5, 0.6) is 0 Å². The number of likely N-dealkylation sites (tertiary alicyclic amines) is 1. The molecule has 2 rings (SSSR count). The second-order valence-electron chi connectivity index (χ2n) is 5.44. The highest BCUT2D eigenvalue weighted by Gasteiger charge is 2.21. The van der Waals surface area contributed by atoms with Gasteiger partial charge in [0.25, 0.3) is 0 Å². The number of hydrazine groups is 1. The van der Waals surface area contributed by atoms with Crippen LogP contribution in [0.1, 0.15) is 26.2 Å². The standard InChI is InChI=1S/C14H24N4O2S/c1-12(18-9-5-2-6-10-18)11-16-21(19,20)14-8-4-3-7-13(14)17-15/h3-4,7-8,12,16-17H,2,5-6,9-11,15H2,1H3. The maximum absolute atomic E-state index is 12.4. The molecule has 1 fully saturated rings. The Kier molecular flexibility index (Phi) is 5.58. The van der Waals surface area contributed by atoms with Gasteiger partial charge < -0.3 is 5.43 Å². The Balaban J connectivity index is 2.00. The summed E-state index contributed by atoms with van der Waals surface area (Å²) >= 11 is 0. The minimum absolute atomic E-state index is 0.179. The van der Waals surface area contributed by atoms with Gasteiger partial charge in [0.15, 0.2) is 0 Å². The fraction of sp³-hybridized carbons (Fsp3) is 0.571. The molecule has 0 aromatic heterocycles. The number of hydrogen-bond donors (Lipinski definition) is 3. The van der Waals surface area contributed by atoms with Crippen LogP contribution in [0.25, 0.3) is 0 Å². The smallest absolute Gasteiger partial charge is 0.242 e. The predicted molar refractivity (Wildman–Crippen MR) is 84.3 cm³/mol. The molecule has 0 radical (unpaired) electrons. The maximum Gasteiger partial charge on any atom is 0.242 e. The van der Waals surface area contributed by atoms with Crippen molar-refractivity contribution < 1.29 is 8.42 Å². The molecule has 118 valence electrons. The monoisotopic (exact) mass is 312 g/mol. The first-order valence-corrected chi connectivity index (χ1v) is 8.82. The molecule has 1 heterocycles. The molecule has 1 aliphatic rings. The molecule has 1 saturated heterocycles. The van der Waals surface area contributed by atoms with Crippen molar-refractivity contribution in [1.29, 1.82) is 0 Å². The van der Waals surface area contributed by atoms with Gasteiger partial charge in [-0.2, -0.15) is 0 Å². The first-order chi connectivity index (χ1) is 10.0. The summed E-state index contributed by atoms with van der Waals surface area (Å²) in [6.07, 6.45) is 3.65. The van der Waals surface area contributed by atoms with E-state index in [4.69, 9.17) is 5.84 Å². The largest absolute Gasteiger partial charge is 0.323 e. The SMILES string of the molecule is CC(CNS(=O)(=O)c1ccccc1NN)N1CCCCC1. The number of nitrogens with one attached hydrogen (secondary N) is 2. The number of anilines is 1. The predicted octanol–water partition coefficient (Wildman–Crippen LogP) is 1.12. The Morgan fingerprint density at radius 1 is 1.24 bits per heavy atom. The number of sulfonamides is 1. The zero-order chi connectivity index (χ0) is 15.3. The molecule has 1 aromatic rings. The van der Waals surface area contributed by atoms with Gasteiger partial charge >= 0.3 is 0 Å². The lowest BCUT2D eigenvalue weighted by atomic mass is 10.1. The summed E-state index contributed by atoms with van der Waals surface area (Å²) in [6.45, 7) is 4.55. The van der Waals surface area contributed by atoms with Crippen LogP contribution < -0.4 is 16.0 Å². The fourth-order valence-electron chi connectivity index (χ4n) is 2.62. The lowest BCUT2D eigenvalue weighted by molar-refractivity contribution is 0.175. The van der Waals surface area contributed by atoms with Crippen molar-refractivity contribution in [3.63, 3.8) is 0 Å². The lowest BCUT2D eigenvalue weighted by Crippen LogP contribution is -2.44. The molecule has 1 aromatic carbocycles. The second-order valence-corrected chi connectivity index (χ2v) is 7.17. The minimum atomic E-state index is -3.56. The number of para-hydroxylation sites is 1. The van der Waals surface area contributed by atoms with Gasteiger partial charge in [0.1, 0.15) is 4.90 Å². The summed E-state index contributed by atoms with van der Waals surface area (Å²) in [6, 6.07) is 6.80. The molecular weight excluding hydrogens is 288 g/mol. The van der Waals surface area contributed by atoms with Gasteiger partial charge in [-0.3, -0.25) is 10.7 Å². The van der Waals surface area contributed by atoms with Gasteiger partial charge in [-0.25, -0.2) is 13.1 Å². The van der Waals surface area contributed by atoms with E-state index >= 15 is 0 Å². The van der Waals surface area contributed by atoms with Crippen LogP contribution in [0.15, 0.2) is 29.2 Å². The molecule has 1 unspecified atom stereocenters. The van der Waals surface area contributed by atoms with E-state index in [9.17, 15) is 8.42 Å². The van der Waals surface area contributed by atoms with Crippen molar-refractivity contribution in [3.8, 4) is 0 Å². The third-order valence-electron chi connectivity index (χ3n) is 3.91. The molecule has 4 N–H and O–H groups in total. The Labute approximate surface area is 126 Å². The van der Waals surface area contributed by atoms with Crippen LogP contribution in [0.3, 0.4) is 0 Å². The summed E-state index contributed by atoms with van der Waals surface area (Å²) in [4.78, 5) is 2.51. The van der Waals surface area contributed by atoms with Crippen molar-refractivity contribution in [2.75, 3.05) is 25.1 Å². The van der Waals surface area contributed by atoms with Gasteiger partial charge in [0.2, 0.25) is 10.0 Å². The quantitative estimate of drug-likeness (QED) is 0.541. The first-order valence-electron chi connectivity index (χ1n) is 7.34. The van der Waals surface area contributed by atoms with Crippen molar-refractivity contribution >= 4 is 15.7 Å². The van der Waals surface area contributed by atoms with E-state index in [0.29, 0.717) is 12.2 Å². The van der Waals surface area contributed by atoms with Crippen LogP contribution in [0.2, 0.25) is 0 Å². The summed E-state index contributed by atoms with van der Waals surface area (Å²) < 4.78 is 27.4. The average Bonchev–Trinajstić information content (AvgIpc) is 2.53. The average molecular weight is 312 g/mol. The zero-order valence-electron chi connectivity index (χ0n) is 12.4. The van der Waals surface area contributed by atoms with Crippen LogP contribution in [0.4, 0.5) is 5.69 Å². The van der Waals surface area contributed by atoms with E-state index in [1.54, 1.807) is 24.3 Å². The Hall–Kier alpha value is -1.15. The highest BCUT2D eigenvalue weighted by molar-refractivity contribution is 7.89. The second kappa shape index (κ2) is 7.22. The normalized spacial score (nSPS) is 18.4. The lowest BCUT2D eigenvalue weighted by Gasteiger charge is -2.32. The van der Waals surface area contributed by atoms with E-state index in [2.05, 4.69) is 22.0 Å². The first kappa shape index (κ1) is 16.2. The zero-order valence-corrected chi connectivity index (χ0v) is 13.2. The topological polar surface area (TPSA) is 87.5 Å². The highest BCUT2D eigenvalue weighted by Crippen LogP contribution is 2.19.